The standard InChI is InChI=1S/C9H16N2O5/c1-7(11(14)15)10(2)8(12)5-4-6-9(13)16-3/h7H,4-6H2,1-3H3. The first-order chi connectivity index (χ1) is 7.40. The maximum atomic E-state index is 11.4. The molecule has 0 radical (unpaired) electrons. The smallest absolute Gasteiger partial charge is 0.305 e. The van der Waals surface area contributed by atoms with Crippen LogP contribution in [-0.4, -0.2) is 42.0 Å². The molecule has 1 atom stereocenters. The van der Waals surface area contributed by atoms with Crippen LogP contribution in [0.25, 0.3) is 0 Å². The third kappa shape index (κ3) is 4.72. The fourth-order valence-electron chi connectivity index (χ4n) is 1.01. The van der Waals surface area contributed by atoms with E-state index in [1.54, 1.807) is 0 Å². The molecule has 0 aromatic heterocycles. The van der Waals surface area contributed by atoms with Crippen molar-refractivity contribution in [2.75, 3.05) is 14.2 Å². The SMILES string of the molecule is COC(=O)CCCC(=O)N(C)C(C)[N+](=O)[O-]. The fourth-order valence-corrected chi connectivity index (χ4v) is 1.01. The van der Waals surface area contributed by atoms with E-state index in [4.69, 9.17) is 0 Å². The van der Waals surface area contributed by atoms with Gasteiger partial charge in [-0.2, -0.15) is 0 Å². The lowest BCUT2D eigenvalue weighted by Gasteiger charge is -2.17. The zero-order valence-corrected chi connectivity index (χ0v) is 9.63. The third-order valence-electron chi connectivity index (χ3n) is 2.26. The molecule has 0 aliphatic heterocycles. The number of carbonyl (C=O) groups excluding carboxylic acids is 2. The molecule has 0 aliphatic rings. The molecule has 0 spiro atoms. The summed E-state index contributed by atoms with van der Waals surface area (Å²) in [6.07, 6.45) is -0.474. The zero-order chi connectivity index (χ0) is 12.7. The van der Waals surface area contributed by atoms with Gasteiger partial charge in [0.1, 0.15) is 0 Å². The molecule has 0 bridgehead atoms. The topological polar surface area (TPSA) is 89.8 Å². The minimum atomic E-state index is -1.05. The molecule has 0 N–H and O–H groups in total. The summed E-state index contributed by atoms with van der Waals surface area (Å²) in [6, 6.07) is 0. The number of amides is 1. The Hall–Kier alpha value is -1.66. The monoisotopic (exact) mass is 232 g/mol. The molecular formula is C9H16N2O5. The third-order valence-corrected chi connectivity index (χ3v) is 2.26. The lowest BCUT2D eigenvalue weighted by Crippen LogP contribution is -2.39. The van der Waals surface area contributed by atoms with Gasteiger partial charge in [0.15, 0.2) is 0 Å². The number of hydrogen-bond donors (Lipinski definition) is 0. The van der Waals surface area contributed by atoms with Crippen LogP contribution < -0.4 is 0 Å². The van der Waals surface area contributed by atoms with Gasteiger partial charge in [-0.1, -0.05) is 0 Å². The molecule has 16 heavy (non-hydrogen) atoms. The highest BCUT2D eigenvalue weighted by molar-refractivity contribution is 5.77. The van der Waals surface area contributed by atoms with Gasteiger partial charge in [-0.3, -0.25) is 24.6 Å². The molecule has 1 unspecified atom stereocenters. The highest BCUT2D eigenvalue weighted by atomic mass is 16.6. The summed E-state index contributed by atoms with van der Waals surface area (Å²) >= 11 is 0. The summed E-state index contributed by atoms with van der Waals surface area (Å²) in [5.41, 5.74) is 0. The second kappa shape index (κ2) is 6.76. The van der Waals surface area contributed by atoms with Crippen LogP contribution in [-0.2, 0) is 14.3 Å². The summed E-state index contributed by atoms with van der Waals surface area (Å²) in [5, 5.41) is 10.4. The number of methoxy groups -OCH3 is 1. The van der Waals surface area contributed by atoms with Crippen molar-refractivity contribution >= 4 is 11.9 Å². The van der Waals surface area contributed by atoms with Crippen LogP contribution in [0.3, 0.4) is 0 Å². The Morgan fingerprint density at radius 1 is 1.44 bits per heavy atom. The van der Waals surface area contributed by atoms with Gasteiger partial charge in [-0.05, 0) is 6.42 Å². The van der Waals surface area contributed by atoms with Crippen LogP contribution in [0.2, 0.25) is 0 Å². The van der Waals surface area contributed by atoms with Gasteiger partial charge >= 0.3 is 5.97 Å². The summed E-state index contributed by atoms with van der Waals surface area (Å²) < 4.78 is 4.41. The molecule has 0 fully saturated rings. The normalized spacial score (nSPS) is 11.7. The molecule has 0 aromatic rings. The Morgan fingerprint density at radius 3 is 2.44 bits per heavy atom. The van der Waals surface area contributed by atoms with Crippen LogP contribution >= 0.6 is 0 Å². The summed E-state index contributed by atoms with van der Waals surface area (Å²) in [5.74, 6) is -0.745. The maximum absolute atomic E-state index is 11.4. The number of carbonyl (C=O) groups is 2. The van der Waals surface area contributed by atoms with Crippen molar-refractivity contribution in [3.8, 4) is 0 Å². The molecule has 0 aromatic carbocycles. The molecule has 0 saturated carbocycles. The Balaban J connectivity index is 3.97. The van der Waals surface area contributed by atoms with E-state index in [-0.39, 0.29) is 18.7 Å². The van der Waals surface area contributed by atoms with Gasteiger partial charge in [0.2, 0.25) is 5.91 Å². The van der Waals surface area contributed by atoms with E-state index in [1.165, 1.54) is 21.1 Å². The van der Waals surface area contributed by atoms with Crippen LogP contribution in [0.5, 0.6) is 0 Å². The summed E-state index contributed by atoms with van der Waals surface area (Å²) in [4.78, 5) is 33.1. The van der Waals surface area contributed by atoms with Crippen molar-refractivity contribution in [2.45, 2.75) is 32.4 Å². The maximum Gasteiger partial charge on any atom is 0.305 e. The second-order valence-electron chi connectivity index (χ2n) is 3.35. The Labute approximate surface area is 93.5 Å². The van der Waals surface area contributed by atoms with E-state index in [9.17, 15) is 19.7 Å². The van der Waals surface area contributed by atoms with Crippen LogP contribution in [0, 0.1) is 10.1 Å². The van der Waals surface area contributed by atoms with E-state index in [2.05, 4.69) is 4.74 Å². The first-order valence-corrected chi connectivity index (χ1v) is 4.86. The van der Waals surface area contributed by atoms with Crippen molar-refractivity contribution < 1.29 is 19.2 Å². The summed E-state index contributed by atoms with van der Waals surface area (Å²) in [6.45, 7) is 1.33. The van der Waals surface area contributed by atoms with Gasteiger partial charge in [0, 0.05) is 31.7 Å². The predicted molar refractivity (Wildman–Crippen MR) is 55.1 cm³/mol. The van der Waals surface area contributed by atoms with Crippen molar-refractivity contribution in [3.63, 3.8) is 0 Å². The van der Waals surface area contributed by atoms with E-state index < -0.39 is 17.1 Å². The molecule has 7 nitrogen and oxygen atoms in total. The Bertz CT molecular complexity index is 279. The molecule has 0 rings (SSSR count). The minimum absolute atomic E-state index is 0.101. The second-order valence-corrected chi connectivity index (χ2v) is 3.35. The highest BCUT2D eigenvalue weighted by Gasteiger charge is 2.23. The zero-order valence-electron chi connectivity index (χ0n) is 9.63. The predicted octanol–water partition coefficient (Wildman–Crippen LogP) is 0.411. The molecule has 0 aliphatic carbocycles. The average Bonchev–Trinajstić information content (AvgIpc) is 2.26. The lowest BCUT2D eigenvalue weighted by molar-refractivity contribution is -0.540. The van der Waals surface area contributed by atoms with E-state index >= 15 is 0 Å². The quantitative estimate of drug-likeness (QED) is 0.286. The summed E-state index contributed by atoms with van der Waals surface area (Å²) in [7, 11) is 2.64. The minimum Gasteiger partial charge on any atom is -0.469 e. The lowest BCUT2D eigenvalue weighted by atomic mass is 10.2. The molecule has 0 heterocycles. The molecule has 92 valence electrons. The number of ether oxygens (including phenoxy) is 1. The number of nitro groups is 1. The first kappa shape index (κ1) is 14.3. The van der Waals surface area contributed by atoms with E-state index in [0.717, 1.165) is 4.90 Å². The molecular weight excluding hydrogens is 216 g/mol. The van der Waals surface area contributed by atoms with Gasteiger partial charge in [-0.25, -0.2) is 0 Å². The van der Waals surface area contributed by atoms with E-state index in [1.807, 2.05) is 0 Å². The Morgan fingerprint density at radius 2 is 2.00 bits per heavy atom. The van der Waals surface area contributed by atoms with Crippen LogP contribution in [0.4, 0.5) is 0 Å². The fraction of sp³-hybridized carbons (Fsp3) is 0.778. The van der Waals surface area contributed by atoms with Gasteiger partial charge in [0.25, 0.3) is 6.17 Å². The van der Waals surface area contributed by atoms with Gasteiger partial charge in [0.05, 0.1) is 7.11 Å². The van der Waals surface area contributed by atoms with E-state index in [0.29, 0.717) is 6.42 Å². The number of hydrogen-bond acceptors (Lipinski definition) is 5. The average molecular weight is 232 g/mol. The van der Waals surface area contributed by atoms with Crippen molar-refractivity contribution in [1.29, 1.82) is 0 Å². The number of nitrogens with zero attached hydrogens (tertiary/aromatic N) is 2. The highest BCUT2D eigenvalue weighted by Crippen LogP contribution is 2.04. The Kier molecular flexibility index (Phi) is 6.06. The van der Waals surface area contributed by atoms with Crippen molar-refractivity contribution in [1.82, 2.24) is 4.90 Å². The molecule has 7 heteroatoms. The number of rotatable bonds is 6. The van der Waals surface area contributed by atoms with Crippen LogP contribution in [0.1, 0.15) is 26.2 Å². The number of esters is 1. The van der Waals surface area contributed by atoms with Crippen molar-refractivity contribution in [2.24, 2.45) is 0 Å². The van der Waals surface area contributed by atoms with Gasteiger partial charge in [-0.15, -0.1) is 0 Å². The van der Waals surface area contributed by atoms with Crippen molar-refractivity contribution in [3.05, 3.63) is 10.1 Å². The largest absolute Gasteiger partial charge is 0.469 e. The molecule has 1 amide bonds. The molecule has 0 saturated heterocycles. The van der Waals surface area contributed by atoms with Crippen LogP contribution in [0.15, 0.2) is 0 Å². The van der Waals surface area contributed by atoms with Gasteiger partial charge < -0.3 is 4.74 Å². The first-order valence-electron chi connectivity index (χ1n) is 4.86.